The molecule has 8 nitrogen and oxygen atoms in total. The van der Waals surface area contributed by atoms with E-state index < -0.39 is 6.17 Å². The molecule has 1 aromatic heterocycles. The molecule has 3 aromatic rings. The number of rotatable bonds is 5. The van der Waals surface area contributed by atoms with Crippen LogP contribution in [0.2, 0.25) is 5.02 Å². The number of halogens is 1. The lowest BCUT2D eigenvalue weighted by Gasteiger charge is -2.32. The summed E-state index contributed by atoms with van der Waals surface area (Å²) in [6.07, 6.45) is 0.424. The summed E-state index contributed by atoms with van der Waals surface area (Å²) in [7, 11) is 0. The number of para-hydroxylation sites is 1. The van der Waals surface area contributed by atoms with Gasteiger partial charge in [-0.15, -0.1) is 0 Å². The van der Waals surface area contributed by atoms with E-state index in [1.54, 1.807) is 28.6 Å². The highest BCUT2D eigenvalue weighted by molar-refractivity contribution is 7.99. The SMILES string of the molecule is CCCSc1n[n+]2c(c(=O)[nH]1)-c1ccccc1N(C(=O)CC)C2c1cc2c(cc1Cl)OCO2. The number of hydrogen-bond acceptors (Lipinski definition) is 6. The number of carbonyl (C=O) groups is 1. The summed E-state index contributed by atoms with van der Waals surface area (Å²) in [6, 6.07) is 10.8. The van der Waals surface area contributed by atoms with Crippen LogP contribution in [-0.2, 0) is 4.79 Å². The number of nitrogens with zero attached hydrogens (tertiary/aromatic N) is 3. The van der Waals surface area contributed by atoms with Crippen molar-refractivity contribution in [3.8, 4) is 22.8 Å². The summed E-state index contributed by atoms with van der Waals surface area (Å²) < 4.78 is 12.6. The Hall–Kier alpha value is -3.04. The van der Waals surface area contributed by atoms with Crippen LogP contribution < -0.4 is 24.6 Å². The molecular formula is C23H22ClN4O4S+. The van der Waals surface area contributed by atoms with E-state index in [0.717, 1.165) is 12.2 Å². The summed E-state index contributed by atoms with van der Waals surface area (Å²) in [4.78, 5) is 31.2. The molecule has 1 atom stereocenters. The Bertz CT molecular complexity index is 1310. The monoisotopic (exact) mass is 485 g/mol. The van der Waals surface area contributed by atoms with Crippen molar-refractivity contribution in [1.82, 2.24) is 10.1 Å². The molecule has 0 bridgehead atoms. The molecule has 0 saturated heterocycles. The maximum atomic E-state index is 13.3. The fourth-order valence-electron chi connectivity index (χ4n) is 4.09. The lowest BCUT2D eigenvalue weighted by atomic mass is 10.0. The van der Waals surface area contributed by atoms with E-state index >= 15 is 0 Å². The lowest BCUT2D eigenvalue weighted by Crippen LogP contribution is -2.61. The first kappa shape index (κ1) is 21.8. The number of carbonyl (C=O) groups excluding carboxylic acids is 1. The van der Waals surface area contributed by atoms with Gasteiger partial charge >= 0.3 is 11.3 Å². The van der Waals surface area contributed by atoms with Gasteiger partial charge in [0.1, 0.15) is 0 Å². The number of hydrogen-bond donors (Lipinski definition) is 1. The number of fused-ring (bicyclic) bond motifs is 4. The Labute approximate surface area is 199 Å². The summed E-state index contributed by atoms with van der Waals surface area (Å²) in [6.45, 7) is 3.96. The molecule has 2 aliphatic heterocycles. The predicted molar refractivity (Wildman–Crippen MR) is 125 cm³/mol. The van der Waals surface area contributed by atoms with Gasteiger partial charge in [0.25, 0.3) is 6.17 Å². The average molecular weight is 486 g/mol. The van der Waals surface area contributed by atoms with Crippen molar-refractivity contribution in [1.29, 1.82) is 0 Å². The number of ether oxygens (including phenoxy) is 2. The second-order valence-electron chi connectivity index (χ2n) is 7.64. The van der Waals surface area contributed by atoms with Crippen molar-refractivity contribution in [3.63, 3.8) is 0 Å². The molecule has 33 heavy (non-hydrogen) atoms. The largest absolute Gasteiger partial charge is 0.454 e. The van der Waals surface area contributed by atoms with Crippen molar-refractivity contribution in [3.05, 3.63) is 57.3 Å². The molecule has 0 radical (unpaired) electrons. The Morgan fingerprint density at radius 3 is 2.79 bits per heavy atom. The Morgan fingerprint density at radius 1 is 1.27 bits per heavy atom. The highest BCUT2D eigenvalue weighted by atomic mass is 35.5. The number of H-pyrrole nitrogens is 1. The van der Waals surface area contributed by atoms with Crippen LogP contribution in [0.4, 0.5) is 5.69 Å². The standard InChI is InChI=1S/C23H21ClN4O4S/c1-3-9-33-23-25-21(30)20-13-7-5-6-8-16(13)27(19(29)4-2)22(28(20)26-23)14-10-17-18(11-15(14)24)32-12-31-17/h5-8,10-11,22H,3-4,9,12H2,1-2H3/p+1. The topological polar surface area (TPSA) is 88.4 Å². The molecule has 170 valence electrons. The van der Waals surface area contributed by atoms with Crippen LogP contribution in [0.5, 0.6) is 11.5 Å². The third kappa shape index (κ3) is 3.65. The minimum Gasteiger partial charge on any atom is -0.454 e. The first-order valence-corrected chi connectivity index (χ1v) is 12.1. The number of anilines is 1. The fraction of sp³-hybridized carbons (Fsp3) is 0.304. The molecule has 1 unspecified atom stereocenters. The Morgan fingerprint density at radius 2 is 2.03 bits per heavy atom. The zero-order valence-electron chi connectivity index (χ0n) is 18.1. The quantitative estimate of drug-likeness (QED) is 0.435. The van der Waals surface area contributed by atoms with E-state index in [9.17, 15) is 9.59 Å². The predicted octanol–water partition coefficient (Wildman–Crippen LogP) is 3.91. The number of thioether (sulfide) groups is 1. The Balaban J connectivity index is 1.81. The van der Waals surface area contributed by atoms with Crippen molar-refractivity contribution in [2.45, 2.75) is 38.0 Å². The maximum absolute atomic E-state index is 13.3. The van der Waals surface area contributed by atoms with Crippen LogP contribution in [0.15, 0.2) is 46.3 Å². The summed E-state index contributed by atoms with van der Waals surface area (Å²) in [5.41, 5.74) is 1.94. The molecular weight excluding hydrogens is 464 g/mol. The first-order chi connectivity index (χ1) is 16.0. The van der Waals surface area contributed by atoms with E-state index in [1.165, 1.54) is 11.8 Å². The normalized spacial score (nSPS) is 15.8. The highest BCUT2D eigenvalue weighted by Crippen LogP contribution is 2.43. The van der Waals surface area contributed by atoms with Gasteiger partial charge in [-0.25, -0.2) is 4.90 Å². The molecule has 0 aliphatic carbocycles. The minimum absolute atomic E-state index is 0.0969. The second kappa shape index (κ2) is 8.72. The summed E-state index contributed by atoms with van der Waals surface area (Å²) in [5.74, 6) is 1.75. The number of benzene rings is 2. The van der Waals surface area contributed by atoms with Crippen LogP contribution in [-0.4, -0.2) is 28.5 Å². The van der Waals surface area contributed by atoms with Gasteiger partial charge in [-0.1, -0.05) is 49.3 Å². The van der Waals surface area contributed by atoms with E-state index in [-0.39, 0.29) is 24.7 Å². The van der Waals surface area contributed by atoms with Crippen molar-refractivity contribution < 1.29 is 19.0 Å². The molecule has 1 N–H and O–H groups in total. The Kier molecular flexibility index (Phi) is 5.76. The molecule has 3 heterocycles. The lowest BCUT2D eigenvalue weighted by molar-refractivity contribution is -0.763. The molecule has 0 spiro atoms. The van der Waals surface area contributed by atoms with Crippen molar-refractivity contribution in [2.24, 2.45) is 0 Å². The third-order valence-corrected chi connectivity index (χ3v) is 6.94. The van der Waals surface area contributed by atoms with Gasteiger partial charge in [0.05, 0.1) is 21.8 Å². The fourth-order valence-corrected chi connectivity index (χ4v) is 5.05. The van der Waals surface area contributed by atoms with Gasteiger partial charge in [-0.3, -0.25) is 14.6 Å². The van der Waals surface area contributed by atoms with E-state index in [1.807, 2.05) is 24.3 Å². The molecule has 1 amide bonds. The van der Waals surface area contributed by atoms with Gasteiger partial charge in [0.2, 0.25) is 17.9 Å². The van der Waals surface area contributed by atoms with Crippen LogP contribution >= 0.6 is 23.4 Å². The second-order valence-corrected chi connectivity index (χ2v) is 9.13. The molecule has 2 aromatic carbocycles. The number of aromatic nitrogens is 3. The van der Waals surface area contributed by atoms with E-state index in [0.29, 0.717) is 44.2 Å². The van der Waals surface area contributed by atoms with Gasteiger partial charge in [0.15, 0.2) is 11.5 Å². The van der Waals surface area contributed by atoms with Crippen LogP contribution in [0.25, 0.3) is 11.3 Å². The van der Waals surface area contributed by atoms with Crippen LogP contribution in [0.1, 0.15) is 38.4 Å². The van der Waals surface area contributed by atoms with Gasteiger partial charge in [-0.05, 0) is 29.3 Å². The van der Waals surface area contributed by atoms with Gasteiger partial charge < -0.3 is 9.47 Å². The van der Waals surface area contributed by atoms with E-state index in [2.05, 4.69) is 11.9 Å². The number of aromatic amines is 1. The molecule has 0 saturated carbocycles. The van der Waals surface area contributed by atoms with Crippen molar-refractivity contribution in [2.75, 3.05) is 17.4 Å². The average Bonchev–Trinajstić information content (AvgIpc) is 3.27. The smallest absolute Gasteiger partial charge is 0.325 e. The zero-order chi connectivity index (χ0) is 23.1. The first-order valence-electron chi connectivity index (χ1n) is 10.7. The number of nitrogens with one attached hydrogen (secondary N) is 1. The van der Waals surface area contributed by atoms with Crippen LogP contribution in [0, 0.1) is 0 Å². The third-order valence-electron chi connectivity index (χ3n) is 5.54. The molecule has 0 fully saturated rings. The minimum atomic E-state index is -0.771. The molecule has 5 rings (SSSR count). The zero-order valence-corrected chi connectivity index (χ0v) is 19.7. The number of amides is 1. The summed E-state index contributed by atoms with van der Waals surface area (Å²) >= 11 is 8.16. The van der Waals surface area contributed by atoms with Gasteiger partial charge in [0, 0.05) is 23.3 Å². The van der Waals surface area contributed by atoms with Crippen molar-refractivity contribution >= 4 is 35.0 Å². The highest BCUT2D eigenvalue weighted by Gasteiger charge is 2.46. The maximum Gasteiger partial charge on any atom is 0.325 e. The molecule has 10 heteroatoms. The summed E-state index contributed by atoms with van der Waals surface area (Å²) in [5, 5.41) is 5.64. The van der Waals surface area contributed by atoms with E-state index in [4.69, 9.17) is 26.2 Å². The van der Waals surface area contributed by atoms with Gasteiger partial charge in [-0.2, -0.15) is 0 Å². The van der Waals surface area contributed by atoms with Crippen LogP contribution in [0.3, 0.4) is 0 Å². The molecule has 2 aliphatic rings.